The number of aromatic nitrogens is 2. The molecule has 1 spiro atoms. The van der Waals surface area contributed by atoms with Gasteiger partial charge in [-0.25, -0.2) is 8.78 Å². The molecule has 2 saturated heterocycles. The third-order valence-electron chi connectivity index (χ3n) is 10.1. The molecule has 0 radical (unpaired) electrons. The van der Waals surface area contributed by atoms with Crippen LogP contribution in [0.15, 0.2) is 12.1 Å². The lowest BCUT2D eigenvalue weighted by molar-refractivity contribution is -0.0873. The number of ether oxygens (including phenoxy) is 2. The number of nitriles is 1. The number of nitrogen functional groups attached to an aromatic ring is 1. The van der Waals surface area contributed by atoms with Gasteiger partial charge in [-0.2, -0.15) is 15.2 Å². The van der Waals surface area contributed by atoms with Crippen molar-refractivity contribution in [2.75, 3.05) is 37.4 Å². The van der Waals surface area contributed by atoms with Gasteiger partial charge in [0.15, 0.2) is 0 Å². The zero-order valence-electron chi connectivity index (χ0n) is 23.1. The summed E-state index contributed by atoms with van der Waals surface area (Å²) < 4.78 is 41.5. The number of nitrogens with two attached hydrogens (primary N) is 1. The molecule has 8 nitrogen and oxygen atoms in total. The highest BCUT2D eigenvalue weighted by Gasteiger charge is 2.50. The summed E-state index contributed by atoms with van der Waals surface area (Å²) in [6, 6.07) is 6.16. The maximum absolute atomic E-state index is 14.4. The van der Waals surface area contributed by atoms with E-state index in [0.717, 1.165) is 54.6 Å². The molecule has 212 valence electrons. The summed E-state index contributed by atoms with van der Waals surface area (Å²) in [5.74, 6) is 0.896. The predicted octanol–water partition coefficient (Wildman–Crippen LogP) is 4.30. The largest absolute Gasteiger partial charge is 0.461 e. The number of alkyl halides is 2. The van der Waals surface area contributed by atoms with Crippen LogP contribution in [0.3, 0.4) is 0 Å². The lowest BCUT2D eigenvalue weighted by Crippen LogP contribution is -2.44. The standard InChI is InChI=1S/C30H36F2N6O2/c1-17-6-8-30(26-19(17)4-5-23(34)20(26)13-33)12-24-21(15-40-30)27(37(2)25-10-22(25)32)36-28(35-24)39-16-29-7-3-9-38(29)14-18(31)11-29/h4-5,17-18,22,25H,3,6-12,14-16,34H2,1-2H3. The molecule has 1 saturated carbocycles. The predicted molar refractivity (Wildman–Crippen MR) is 146 cm³/mol. The first-order valence-corrected chi connectivity index (χ1v) is 14.5. The lowest BCUT2D eigenvalue weighted by atomic mass is 9.69. The highest BCUT2D eigenvalue weighted by atomic mass is 19.1. The molecule has 7 rings (SSSR count). The number of hydrogen-bond acceptors (Lipinski definition) is 8. The monoisotopic (exact) mass is 550 g/mol. The Morgan fingerprint density at radius 2 is 2.12 bits per heavy atom. The van der Waals surface area contributed by atoms with E-state index >= 15 is 0 Å². The second-order valence-electron chi connectivity index (χ2n) is 12.6. The van der Waals surface area contributed by atoms with E-state index in [1.54, 1.807) is 0 Å². The molecule has 3 aliphatic heterocycles. The Morgan fingerprint density at radius 1 is 1.30 bits per heavy atom. The van der Waals surface area contributed by atoms with Gasteiger partial charge in [-0.1, -0.05) is 13.0 Å². The van der Waals surface area contributed by atoms with E-state index in [2.05, 4.69) is 17.9 Å². The molecule has 40 heavy (non-hydrogen) atoms. The molecule has 2 aliphatic carbocycles. The minimum atomic E-state index is -0.894. The molecular weight excluding hydrogens is 514 g/mol. The quantitative estimate of drug-likeness (QED) is 0.550. The van der Waals surface area contributed by atoms with Crippen LogP contribution in [0.4, 0.5) is 20.3 Å². The smallest absolute Gasteiger partial charge is 0.318 e. The van der Waals surface area contributed by atoms with Gasteiger partial charge in [0.1, 0.15) is 36.4 Å². The molecular formula is C30H36F2N6O2. The molecule has 6 atom stereocenters. The van der Waals surface area contributed by atoms with Crippen molar-refractivity contribution < 1.29 is 18.3 Å². The third kappa shape index (κ3) is 3.96. The van der Waals surface area contributed by atoms with E-state index < -0.39 is 17.9 Å². The van der Waals surface area contributed by atoms with Crippen molar-refractivity contribution in [2.45, 2.75) is 93.9 Å². The minimum absolute atomic E-state index is 0.231. The first-order valence-electron chi connectivity index (χ1n) is 14.5. The Kier molecular flexibility index (Phi) is 5.99. The molecule has 5 aliphatic rings. The molecule has 0 bridgehead atoms. The van der Waals surface area contributed by atoms with E-state index in [-0.39, 0.29) is 30.1 Å². The Bertz CT molecular complexity index is 1400. The summed E-state index contributed by atoms with van der Waals surface area (Å²) in [6.45, 7) is 4.06. The van der Waals surface area contributed by atoms with Crippen molar-refractivity contribution in [1.82, 2.24) is 14.9 Å². The van der Waals surface area contributed by atoms with Crippen LogP contribution in [0.5, 0.6) is 6.01 Å². The number of hydrogen-bond donors (Lipinski definition) is 1. The van der Waals surface area contributed by atoms with Crippen LogP contribution in [0.25, 0.3) is 0 Å². The second-order valence-corrected chi connectivity index (χ2v) is 12.6. The molecule has 0 amide bonds. The number of benzene rings is 1. The van der Waals surface area contributed by atoms with Crippen molar-refractivity contribution in [2.24, 2.45) is 0 Å². The van der Waals surface area contributed by atoms with E-state index in [9.17, 15) is 14.0 Å². The van der Waals surface area contributed by atoms with Gasteiger partial charge in [0.25, 0.3) is 0 Å². The summed E-state index contributed by atoms with van der Waals surface area (Å²) in [5, 5.41) is 10.1. The molecule has 10 heteroatoms. The fourth-order valence-corrected chi connectivity index (χ4v) is 7.74. The summed E-state index contributed by atoms with van der Waals surface area (Å²) in [5.41, 5.74) is 9.69. The normalized spacial score (nSPS) is 34.2. The number of anilines is 2. The second kappa shape index (κ2) is 9.25. The van der Waals surface area contributed by atoms with Crippen molar-refractivity contribution in [3.8, 4) is 12.1 Å². The van der Waals surface area contributed by atoms with Gasteiger partial charge in [-0.3, -0.25) is 4.90 Å². The van der Waals surface area contributed by atoms with Gasteiger partial charge in [-0.15, -0.1) is 0 Å². The lowest BCUT2D eigenvalue weighted by Gasteiger charge is -2.45. The summed E-state index contributed by atoms with van der Waals surface area (Å²) in [4.78, 5) is 13.8. The first kappa shape index (κ1) is 25.9. The maximum atomic E-state index is 14.4. The van der Waals surface area contributed by atoms with E-state index in [4.69, 9.17) is 25.2 Å². The van der Waals surface area contributed by atoms with Crippen molar-refractivity contribution in [3.05, 3.63) is 40.1 Å². The Hall–Kier alpha value is -3.03. The van der Waals surface area contributed by atoms with Crippen LogP contribution >= 0.6 is 0 Å². The van der Waals surface area contributed by atoms with Crippen LogP contribution in [0.2, 0.25) is 0 Å². The Morgan fingerprint density at radius 3 is 2.90 bits per heavy atom. The molecule has 6 unspecified atom stereocenters. The van der Waals surface area contributed by atoms with Gasteiger partial charge in [0, 0.05) is 49.7 Å². The summed E-state index contributed by atoms with van der Waals surface area (Å²) in [7, 11) is 1.86. The number of rotatable bonds is 5. The SMILES string of the molecule is CC1CCC2(Cc3nc(OCC45CCCN4CC(F)C5)nc(N(C)C4CC4F)c3CO2)c2c1ccc(N)c2C#N. The minimum Gasteiger partial charge on any atom is -0.461 e. The molecule has 2 N–H and O–H groups in total. The molecule has 3 fully saturated rings. The summed E-state index contributed by atoms with van der Waals surface area (Å²) in [6.07, 6.45) is 3.17. The fraction of sp³-hybridized carbons (Fsp3) is 0.633. The van der Waals surface area contributed by atoms with E-state index in [1.807, 2.05) is 24.1 Å². The number of halogens is 2. The van der Waals surface area contributed by atoms with Crippen LogP contribution in [0.1, 0.15) is 79.3 Å². The van der Waals surface area contributed by atoms with E-state index in [1.165, 1.54) is 0 Å². The zero-order valence-corrected chi connectivity index (χ0v) is 23.1. The molecule has 1 aromatic carbocycles. The Labute approximate surface area is 233 Å². The van der Waals surface area contributed by atoms with Crippen molar-refractivity contribution in [1.29, 1.82) is 5.26 Å². The van der Waals surface area contributed by atoms with Gasteiger partial charge >= 0.3 is 6.01 Å². The van der Waals surface area contributed by atoms with Crippen LogP contribution < -0.4 is 15.4 Å². The molecule has 1 aromatic heterocycles. The van der Waals surface area contributed by atoms with Crippen LogP contribution in [0, 0.1) is 11.3 Å². The molecule has 4 heterocycles. The average Bonchev–Trinajstić information content (AvgIpc) is 3.42. The maximum Gasteiger partial charge on any atom is 0.318 e. The zero-order chi connectivity index (χ0) is 27.8. The van der Waals surface area contributed by atoms with Gasteiger partial charge in [-0.05, 0) is 49.8 Å². The molecule has 2 aromatic rings. The fourth-order valence-electron chi connectivity index (χ4n) is 7.74. The Balaban J connectivity index is 1.27. The highest BCUT2D eigenvalue weighted by Crippen LogP contribution is 2.51. The van der Waals surface area contributed by atoms with Gasteiger partial charge in [0.05, 0.1) is 29.4 Å². The van der Waals surface area contributed by atoms with Gasteiger partial charge in [0.2, 0.25) is 0 Å². The average molecular weight is 551 g/mol. The topological polar surface area (TPSA) is 101 Å². The van der Waals surface area contributed by atoms with Crippen LogP contribution in [-0.4, -0.2) is 65.5 Å². The number of nitrogens with zero attached hydrogens (tertiary/aromatic N) is 5. The van der Waals surface area contributed by atoms with Crippen molar-refractivity contribution in [3.63, 3.8) is 0 Å². The van der Waals surface area contributed by atoms with E-state index in [0.29, 0.717) is 49.5 Å². The first-order chi connectivity index (χ1) is 19.2. The van der Waals surface area contributed by atoms with Crippen molar-refractivity contribution >= 4 is 11.5 Å². The number of fused-ring (bicyclic) bond motifs is 4. The van der Waals surface area contributed by atoms with Gasteiger partial charge < -0.3 is 20.1 Å². The third-order valence-corrected chi connectivity index (χ3v) is 10.1. The van der Waals surface area contributed by atoms with Crippen LogP contribution in [-0.2, 0) is 23.4 Å². The summed E-state index contributed by atoms with van der Waals surface area (Å²) >= 11 is 0. The highest BCUT2D eigenvalue weighted by molar-refractivity contribution is 5.64.